The summed E-state index contributed by atoms with van der Waals surface area (Å²) >= 11 is 1.97. The molecular weight excluding hydrogens is 438 g/mol. The number of benzene rings is 1. The second-order valence-corrected chi connectivity index (χ2v) is 18.1. The van der Waals surface area contributed by atoms with Crippen LogP contribution in [-0.2, 0) is 10.0 Å². The van der Waals surface area contributed by atoms with E-state index in [1.165, 1.54) is 30.2 Å². The van der Waals surface area contributed by atoms with E-state index in [0.29, 0.717) is 48.7 Å². The third-order valence-electron chi connectivity index (χ3n) is 3.28. The van der Waals surface area contributed by atoms with Crippen molar-refractivity contribution in [2.75, 3.05) is 4.43 Å². The molecule has 110 valence electrons. The molecule has 0 spiro atoms. The van der Waals surface area contributed by atoms with Gasteiger partial charge < -0.3 is 0 Å². The standard InChI is InChI=1S/C11H14INO3PS.2Al.4H/c14-18(15,13-17)11-5-3-9(4-6-11)16-10-2-1-7-12-8-10;;;;;;/h3-6,8,10H,1-2,7,17H2;;;;;;/q-2;;+1;;;;/t10-;;;;;;/m0....../s1. The first-order valence-electron chi connectivity index (χ1n) is 6.49. The molecule has 0 amide bonds. The number of ether oxygens (including phenoxy) is 1. The van der Waals surface area contributed by atoms with Gasteiger partial charge in [0.05, 0.1) is 0 Å². The number of halogens is 1. The Kier molecular flexibility index (Phi) is 6.67. The summed E-state index contributed by atoms with van der Waals surface area (Å²) < 4.78 is 33.6. The van der Waals surface area contributed by atoms with Gasteiger partial charge in [-0.1, -0.05) is 0 Å². The van der Waals surface area contributed by atoms with E-state index in [-0.39, 0.29) is 0 Å². The normalized spacial score (nSPS) is 24.1. The van der Waals surface area contributed by atoms with E-state index < -0.39 is 10.0 Å². The molecule has 1 fully saturated rings. The number of alkyl halides is 2. The topological polar surface area (TPSA) is 46.6 Å². The molecule has 1 aromatic carbocycles. The third kappa shape index (κ3) is 4.34. The Hall–Kier alpha value is 1.15. The average molecular weight is 456 g/mol. The fourth-order valence-electron chi connectivity index (χ4n) is 2.04. The van der Waals surface area contributed by atoms with E-state index in [2.05, 4.69) is 9.39 Å². The van der Waals surface area contributed by atoms with Gasteiger partial charge in [0.15, 0.2) is 0 Å². The van der Waals surface area contributed by atoms with Gasteiger partial charge in [-0.25, -0.2) is 0 Å². The van der Waals surface area contributed by atoms with Crippen molar-refractivity contribution >= 4 is 52.2 Å². The molecule has 20 heavy (non-hydrogen) atoms. The first-order valence-corrected chi connectivity index (χ1v) is 13.3. The van der Waals surface area contributed by atoms with Gasteiger partial charge in [-0.3, -0.25) is 0 Å². The van der Waals surface area contributed by atoms with Gasteiger partial charge in [-0.2, -0.15) is 0 Å². The summed E-state index contributed by atoms with van der Waals surface area (Å²) in [7, 11) is -1.09. The third-order valence-corrected chi connectivity index (χ3v) is 13.6. The van der Waals surface area contributed by atoms with Gasteiger partial charge in [0, 0.05) is 0 Å². The summed E-state index contributed by atoms with van der Waals surface area (Å²) in [6.07, 6.45) is 2.79. The number of nitrogens with zero attached hydrogens (tertiary/aromatic N) is 1. The quantitative estimate of drug-likeness (QED) is 0.206. The molecule has 1 unspecified atom stereocenters. The van der Waals surface area contributed by atoms with Crippen molar-refractivity contribution in [1.29, 1.82) is 0 Å². The van der Waals surface area contributed by atoms with Crippen molar-refractivity contribution in [3.8, 4) is 5.75 Å². The minimum atomic E-state index is -3.32. The van der Waals surface area contributed by atoms with Crippen LogP contribution in [0.5, 0.6) is 5.75 Å². The van der Waals surface area contributed by atoms with Crippen LogP contribution in [0.4, 0.5) is 0 Å². The maximum atomic E-state index is 12.0. The monoisotopic (exact) mass is 456 g/mol. The van der Waals surface area contributed by atoms with Gasteiger partial charge >= 0.3 is 151 Å². The number of sulfonamides is 1. The van der Waals surface area contributed by atoms with Crippen molar-refractivity contribution in [3.05, 3.63) is 24.3 Å². The minimum absolute atomic E-state index is 0.315. The second-order valence-electron chi connectivity index (χ2n) is 4.81. The molecule has 1 aliphatic heterocycles. The first-order chi connectivity index (χ1) is 9.41. The summed E-state index contributed by atoms with van der Waals surface area (Å²) in [5, 5.41) is 0. The molecule has 0 bridgehead atoms. The van der Waals surface area contributed by atoms with E-state index in [9.17, 15) is 8.42 Å². The average Bonchev–Trinajstić information content (AvgIpc) is 2.42. The molecule has 0 saturated carbocycles. The fraction of sp³-hybridized carbons (Fsp3) is 0.455. The van der Waals surface area contributed by atoms with E-state index in [0.717, 1.165) is 15.0 Å². The molecule has 1 aliphatic rings. The molecule has 4 nitrogen and oxygen atoms in total. The van der Waals surface area contributed by atoms with Crippen LogP contribution in [0.15, 0.2) is 29.2 Å². The van der Waals surface area contributed by atoms with Crippen LogP contribution >= 0.6 is 9.39 Å². The van der Waals surface area contributed by atoms with Gasteiger partial charge in [-0.15, -0.1) is 0 Å². The van der Waals surface area contributed by atoms with Gasteiger partial charge in [0.1, 0.15) is 0 Å². The first kappa shape index (κ1) is 17.5. The molecule has 0 aliphatic carbocycles. The molecule has 3 atom stereocenters. The number of rotatable bonds is 4. The van der Waals surface area contributed by atoms with E-state index in [1.54, 1.807) is 24.3 Å². The summed E-state index contributed by atoms with van der Waals surface area (Å²) in [6, 6.07) is 6.84. The Bertz CT molecular complexity index is 555. The van der Waals surface area contributed by atoms with Crippen molar-refractivity contribution < 1.29 is 34.4 Å². The molecule has 0 N–H and O–H groups in total. The Morgan fingerprint density at radius 2 is 2.00 bits per heavy atom. The predicted molar refractivity (Wildman–Crippen MR) is 84.6 cm³/mol. The zero-order chi connectivity index (χ0) is 14.8. The van der Waals surface area contributed by atoms with Crippen LogP contribution in [0.3, 0.4) is 0 Å². The van der Waals surface area contributed by atoms with Crippen LogP contribution in [0, 0.1) is 0 Å². The van der Waals surface area contributed by atoms with Crippen molar-refractivity contribution in [3.63, 3.8) is 0 Å². The summed E-state index contributed by atoms with van der Waals surface area (Å²) in [5.41, 5.74) is 0. The van der Waals surface area contributed by atoms with Crippen molar-refractivity contribution in [2.45, 2.75) is 26.6 Å². The summed E-state index contributed by atoms with van der Waals surface area (Å²) in [5.74, 6) is 0.796. The molecule has 0 radical (unpaired) electrons. The van der Waals surface area contributed by atoms with Crippen LogP contribution in [0.25, 0.3) is 0 Å². The van der Waals surface area contributed by atoms with E-state index in [1.807, 2.05) is 0 Å². The Morgan fingerprint density at radius 1 is 1.35 bits per heavy atom. The van der Waals surface area contributed by atoms with Crippen molar-refractivity contribution in [1.82, 2.24) is 3.06 Å². The Morgan fingerprint density at radius 3 is 2.55 bits per heavy atom. The van der Waals surface area contributed by atoms with Crippen molar-refractivity contribution in [2.24, 2.45) is 0 Å². The van der Waals surface area contributed by atoms with Gasteiger partial charge in [-0.05, 0) is 0 Å². The molecule has 1 aromatic rings. The van der Waals surface area contributed by atoms with Gasteiger partial charge in [0.25, 0.3) is 0 Å². The Labute approximate surface area is 149 Å². The molecule has 0 aromatic heterocycles. The number of hydrogen-bond acceptors (Lipinski definition) is 3. The Balaban J connectivity index is 2.09. The van der Waals surface area contributed by atoms with Crippen LogP contribution in [0.1, 0.15) is 12.8 Å². The zero-order valence-electron chi connectivity index (χ0n) is 11.6. The summed E-state index contributed by atoms with van der Waals surface area (Å²) in [6.45, 7) is 0. The molecule has 2 rings (SSSR count). The molecule has 1 heterocycles. The van der Waals surface area contributed by atoms with Crippen LogP contribution in [0.2, 0.25) is 0 Å². The molecule has 1 saturated heterocycles. The zero-order valence-corrected chi connectivity index (χ0v) is 19.7. The molecule has 9 heteroatoms. The number of hydrogen-bond donors (Lipinski definition) is 0. The molecular formula is C11H18Al2INO3PS-. The van der Waals surface area contributed by atoms with E-state index >= 15 is 0 Å². The van der Waals surface area contributed by atoms with Crippen LogP contribution < -0.4 is 25.9 Å². The van der Waals surface area contributed by atoms with Crippen LogP contribution in [-0.4, -0.2) is 57.6 Å². The van der Waals surface area contributed by atoms with E-state index in [4.69, 9.17) is 4.74 Å². The predicted octanol–water partition coefficient (Wildman–Crippen LogP) is -3.40. The van der Waals surface area contributed by atoms with Gasteiger partial charge in [0.2, 0.25) is 0 Å². The second kappa shape index (κ2) is 7.62. The maximum absolute atomic E-state index is 12.0. The SMILES string of the molecule is O=S(=O)(c1ccc(O[C@H]2CCC[I-][C@@H]2[AlH2])cc1)[N]([AlH2])P. The fourth-order valence-corrected chi connectivity index (χ4v) is 8.72. The summed E-state index contributed by atoms with van der Waals surface area (Å²) in [4.78, 5) is 0.327.